The van der Waals surface area contributed by atoms with Gasteiger partial charge in [0, 0.05) is 60.3 Å². The van der Waals surface area contributed by atoms with Crippen LogP contribution in [0.4, 0.5) is 0 Å². The van der Waals surface area contributed by atoms with E-state index in [9.17, 15) is 14.4 Å². The third kappa shape index (κ3) is 3.80. The molecule has 2 aliphatic rings. The third-order valence-corrected chi connectivity index (χ3v) is 7.57. The molecule has 1 saturated heterocycles. The molecule has 2 unspecified atom stereocenters. The van der Waals surface area contributed by atoms with Gasteiger partial charge in [0.1, 0.15) is 11.5 Å². The molecule has 8 heteroatoms. The predicted molar refractivity (Wildman–Crippen MR) is 140 cm³/mol. The summed E-state index contributed by atoms with van der Waals surface area (Å²) in [4.78, 5) is 42.0. The quantitative estimate of drug-likeness (QED) is 0.432. The van der Waals surface area contributed by atoms with E-state index in [1.54, 1.807) is 62.9 Å². The van der Waals surface area contributed by atoms with E-state index in [1.807, 2.05) is 27.7 Å². The molecule has 37 heavy (non-hydrogen) atoms. The molecule has 2 aromatic heterocycles. The van der Waals surface area contributed by atoms with Crippen LogP contribution in [0.3, 0.4) is 0 Å². The van der Waals surface area contributed by atoms with Gasteiger partial charge in [-0.15, -0.1) is 0 Å². The maximum atomic E-state index is 14.1. The smallest absolute Gasteiger partial charge is 0.263 e. The zero-order chi connectivity index (χ0) is 25.7. The fraction of sp³-hybridized carbons (Fsp3) is 0.276. The molecule has 2 aromatic carbocycles. The van der Waals surface area contributed by atoms with Crippen molar-refractivity contribution in [3.05, 3.63) is 98.8 Å². The SMILES string of the molecule is COc1ccc(OC)c(-n2cc(C(=O)N3CC4CC(C3)c3cccc(=O)n3C4)c3ccccc3c2=O)c1. The van der Waals surface area contributed by atoms with E-state index in [0.717, 1.165) is 12.1 Å². The van der Waals surface area contributed by atoms with Gasteiger partial charge in [0.25, 0.3) is 17.0 Å². The Bertz CT molecular complexity index is 1650. The second-order valence-electron chi connectivity index (χ2n) is 9.71. The van der Waals surface area contributed by atoms with Gasteiger partial charge in [-0.2, -0.15) is 0 Å². The van der Waals surface area contributed by atoms with Crippen molar-refractivity contribution in [3.8, 4) is 17.2 Å². The number of ether oxygens (including phenoxy) is 2. The van der Waals surface area contributed by atoms with Gasteiger partial charge in [-0.25, -0.2) is 0 Å². The maximum absolute atomic E-state index is 14.1. The van der Waals surface area contributed by atoms with E-state index in [-0.39, 0.29) is 28.9 Å². The van der Waals surface area contributed by atoms with Gasteiger partial charge in [0.05, 0.1) is 25.5 Å². The number of carbonyl (C=O) groups is 1. The maximum Gasteiger partial charge on any atom is 0.263 e. The van der Waals surface area contributed by atoms with Crippen LogP contribution in [-0.2, 0) is 6.54 Å². The van der Waals surface area contributed by atoms with Gasteiger partial charge in [0.2, 0.25) is 0 Å². The van der Waals surface area contributed by atoms with E-state index in [0.29, 0.717) is 53.2 Å². The Hall–Kier alpha value is -4.33. The van der Waals surface area contributed by atoms with Crippen molar-refractivity contribution in [2.24, 2.45) is 5.92 Å². The number of fused-ring (bicyclic) bond motifs is 5. The van der Waals surface area contributed by atoms with Crippen molar-refractivity contribution < 1.29 is 14.3 Å². The molecule has 188 valence electrons. The Morgan fingerprint density at radius 1 is 0.892 bits per heavy atom. The highest BCUT2D eigenvalue weighted by Gasteiger charge is 2.37. The van der Waals surface area contributed by atoms with Crippen LogP contribution >= 0.6 is 0 Å². The Balaban J connectivity index is 1.47. The number of hydrogen-bond donors (Lipinski definition) is 0. The Morgan fingerprint density at radius 3 is 2.49 bits per heavy atom. The van der Waals surface area contributed by atoms with Crippen LogP contribution < -0.4 is 20.6 Å². The van der Waals surface area contributed by atoms with Crippen molar-refractivity contribution in [2.75, 3.05) is 27.3 Å². The van der Waals surface area contributed by atoms with Crippen LogP contribution in [0.1, 0.15) is 28.4 Å². The Morgan fingerprint density at radius 2 is 1.70 bits per heavy atom. The summed E-state index contributed by atoms with van der Waals surface area (Å²) in [5.74, 6) is 1.23. The predicted octanol–water partition coefficient (Wildman–Crippen LogP) is 3.43. The second kappa shape index (κ2) is 8.96. The number of likely N-dealkylation sites (tertiary alicyclic amines) is 1. The number of nitrogens with zero attached hydrogens (tertiary/aromatic N) is 3. The van der Waals surface area contributed by atoms with Crippen LogP contribution in [0.15, 0.2) is 76.4 Å². The summed E-state index contributed by atoms with van der Waals surface area (Å²) in [5.41, 5.74) is 1.69. The summed E-state index contributed by atoms with van der Waals surface area (Å²) in [6.45, 7) is 1.69. The second-order valence-corrected chi connectivity index (χ2v) is 9.71. The summed E-state index contributed by atoms with van der Waals surface area (Å²) in [5, 5.41) is 1.07. The molecule has 2 aliphatic heterocycles. The molecule has 0 aliphatic carbocycles. The molecule has 4 heterocycles. The molecule has 4 aromatic rings. The number of hydrogen-bond acceptors (Lipinski definition) is 5. The van der Waals surface area contributed by atoms with Crippen molar-refractivity contribution >= 4 is 16.7 Å². The van der Waals surface area contributed by atoms with Crippen molar-refractivity contribution in [1.29, 1.82) is 0 Å². The van der Waals surface area contributed by atoms with Gasteiger partial charge in [-0.1, -0.05) is 24.3 Å². The van der Waals surface area contributed by atoms with E-state index in [1.165, 1.54) is 4.57 Å². The number of methoxy groups -OCH3 is 2. The molecule has 0 spiro atoms. The first-order chi connectivity index (χ1) is 18.0. The highest BCUT2D eigenvalue weighted by Crippen LogP contribution is 2.36. The summed E-state index contributed by atoms with van der Waals surface area (Å²) in [7, 11) is 3.10. The van der Waals surface area contributed by atoms with Gasteiger partial charge < -0.3 is 18.9 Å². The van der Waals surface area contributed by atoms with E-state index < -0.39 is 0 Å². The van der Waals surface area contributed by atoms with Gasteiger partial charge in [-0.3, -0.25) is 19.0 Å². The summed E-state index contributed by atoms with van der Waals surface area (Å²) < 4.78 is 14.2. The lowest BCUT2D eigenvalue weighted by Gasteiger charge is -2.42. The minimum Gasteiger partial charge on any atom is -0.497 e. The molecule has 0 radical (unpaired) electrons. The van der Waals surface area contributed by atoms with E-state index in [4.69, 9.17) is 9.47 Å². The average Bonchev–Trinajstić information content (AvgIpc) is 2.93. The standard InChI is InChI=1S/C29H27N3O5/c1-36-20-10-11-26(37-2)25(13-20)32-17-23(21-6-3-4-7-22(21)29(32)35)28(34)30-14-18-12-19(16-30)24-8-5-9-27(33)31(24)15-18/h3-11,13,17-19H,12,14-16H2,1-2H3. The van der Waals surface area contributed by atoms with Gasteiger partial charge in [-0.05, 0) is 36.6 Å². The fourth-order valence-electron chi connectivity index (χ4n) is 5.86. The van der Waals surface area contributed by atoms with Crippen molar-refractivity contribution in [3.63, 3.8) is 0 Å². The van der Waals surface area contributed by atoms with Crippen LogP contribution in [0, 0.1) is 5.92 Å². The average molecular weight is 498 g/mol. The lowest BCUT2D eigenvalue weighted by molar-refractivity contribution is 0.0596. The molecule has 0 saturated carbocycles. The van der Waals surface area contributed by atoms with Crippen molar-refractivity contribution in [1.82, 2.24) is 14.0 Å². The largest absolute Gasteiger partial charge is 0.497 e. The summed E-state index contributed by atoms with van der Waals surface area (Å²) in [6.07, 6.45) is 2.57. The minimum atomic E-state index is -0.248. The normalized spacial score (nSPS) is 18.4. The molecule has 6 rings (SSSR count). The van der Waals surface area contributed by atoms with Gasteiger partial charge in [0.15, 0.2) is 0 Å². The van der Waals surface area contributed by atoms with Crippen LogP contribution in [-0.4, -0.2) is 47.3 Å². The molecule has 8 nitrogen and oxygen atoms in total. The molecule has 2 atom stereocenters. The topological polar surface area (TPSA) is 82.8 Å². The lowest BCUT2D eigenvalue weighted by Crippen LogP contribution is -2.49. The zero-order valence-electron chi connectivity index (χ0n) is 20.7. The van der Waals surface area contributed by atoms with Crippen LogP contribution in [0.2, 0.25) is 0 Å². The van der Waals surface area contributed by atoms with E-state index in [2.05, 4.69) is 0 Å². The lowest BCUT2D eigenvalue weighted by atomic mass is 9.83. The molecule has 2 bridgehead atoms. The monoisotopic (exact) mass is 497 g/mol. The zero-order valence-corrected chi connectivity index (χ0v) is 20.7. The number of carbonyl (C=O) groups excluding carboxylic acids is 1. The third-order valence-electron chi connectivity index (χ3n) is 7.57. The Labute approximate surface area is 213 Å². The molecular weight excluding hydrogens is 470 g/mol. The number of benzene rings is 2. The van der Waals surface area contributed by atoms with Crippen LogP contribution in [0.5, 0.6) is 11.5 Å². The highest BCUT2D eigenvalue weighted by molar-refractivity contribution is 6.06. The molecular formula is C29H27N3O5. The number of aromatic nitrogens is 2. The number of rotatable bonds is 4. The van der Waals surface area contributed by atoms with E-state index >= 15 is 0 Å². The highest BCUT2D eigenvalue weighted by atomic mass is 16.5. The first-order valence-electron chi connectivity index (χ1n) is 12.3. The fourth-order valence-corrected chi connectivity index (χ4v) is 5.86. The molecule has 1 fully saturated rings. The summed E-state index contributed by atoms with van der Waals surface area (Å²) >= 11 is 0. The number of piperidine rings is 1. The van der Waals surface area contributed by atoms with Crippen LogP contribution in [0.25, 0.3) is 16.5 Å². The minimum absolute atomic E-state index is 0.0114. The first kappa shape index (κ1) is 23.1. The number of amides is 1. The molecule has 0 N–H and O–H groups in total. The number of pyridine rings is 2. The van der Waals surface area contributed by atoms with Gasteiger partial charge >= 0.3 is 0 Å². The first-order valence-corrected chi connectivity index (χ1v) is 12.3. The van der Waals surface area contributed by atoms with Crippen molar-refractivity contribution in [2.45, 2.75) is 18.9 Å². The molecule has 1 amide bonds. The summed E-state index contributed by atoms with van der Waals surface area (Å²) in [6, 6.07) is 17.8. The Kier molecular flexibility index (Phi) is 5.59.